The van der Waals surface area contributed by atoms with E-state index in [0.717, 1.165) is 32.4 Å². The molecule has 5 aromatic rings. The molecule has 5 rings (SSSR count). The molecule has 0 aliphatic heterocycles. The number of rotatable bonds is 5. The van der Waals surface area contributed by atoms with E-state index >= 15 is 0 Å². The zero-order chi connectivity index (χ0) is 22.2. The van der Waals surface area contributed by atoms with Gasteiger partial charge in [0, 0.05) is 23.4 Å². The van der Waals surface area contributed by atoms with Crippen LogP contribution >= 0.6 is 11.3 Å². The Bertz CT molecular complexity index is 1470. The first-order chi connectivity index (χ1) is 15.6. The number of anilines is 1. The van der Waals surface area contributed by atoms with Gasteiger partial charge in [0.1, 0.15) is 10.5 Å². The van der Waals surface area contributed by atoms with Gasteiger partial charge in [-0.05, 0) is 36.4 Å². The standard InChI is InChI=1S/C24H20N4O3S/c1-28-24-17(22(27-28)15-8-9-19(30-2)20(11-15)31-3)12-21(32-24)23(29)26-16-10-14-6-4-5-7-18(14)25-13-16/h4-13H,1-3H3,(H,26,29). The molecule has 0 aliphatic rings. The maximum atomic E-state index is 13.0. The summed E-state index contributed by atoms with van der Waals surface area (Å²) in [6, 6.07) is 17.3. The van der Waals surface area contributed by atoms with Crippen molar-refractivity contribution in [3.8, 4) is 22.8 Å². The lowest BCUT2D eigenvalue weighted by molar-refractivity contribution is 0.103. The quantitative estimate of drug-likeness (QED) is 0.407. The van der Waals surface area contributed by atoms with Crippen molar-refractivity contribution in [3.63, 3.8) is 0 Å². The van der Waals surface area contributed by atoms with Gasteiger partial charge in [-0.3, -0.25) is 14.5 Å². The van der Waals surface area contributed by atoms with Crippen LogP contribution in [0.3, 0.4) is 0 Å². The summed E-state index contributed by atoms with van der Waals surface area (Å²) < 4.78 is 12.6. The summed E-state index contributed by atoms with van der Waals surface area (Å²) in [6.45, 7) is 0. The molecule has 7 nitrogen and oxygen atoms in total. The molecule has 0 radical (unpaired) electrons. The van der Waals surface area contributed by atoms with Gasteiger partial charge >= 0.3 is 0 Å². The van der Waals surface area contributed by atoms with Crippen molar-refractivity contribution < 1.29 is 14.3 Å². The van der Waals surface area contributed by atoms with Gasteiger partial charge in [0.25, 0.3) is 5.91 Å². The average Bonchev–Trinajstić information content (AvgIpc) is 3.39. The van der Waals surface area contributed by atoms with E-state index < -0.39 is 0 Å². The Morgan fingerprint density at radius 3 is 2.66 bits per heavy atom. The number of hydrogen-bond donors (Lipinski definition) is 1. The highest BCUT2D eigenvalue weighted by Gasteiger charge is 2.19. The van der Waals surface area contributed by atoms with E-state index in [-0.39, 0.29) is 5.91 Å². The fourth-order valence-corrected chi connectivity index (χ4v) is 4.65. The molecule has 0 bridgehead atoms. The lowest BCUT2D eigenvalue weighted by atomic mass is 10.1. The number of nitrogens with zero attached hydrogens (tertiary/aromatic N) is 3. The average molecular weight is 445 g/mol. The van der Waals surface area contributed by atoms with Crippen LogP contribution in [0.15, 0.2) is 60.8 Å². The molecule has 0 spiro atoms. The summed E-state index contributed by atoms with van der Waals surface area (Å²) in [7, 11) is 5.08. The number of ether oxygens (including phenoxy) is 2. The molecular weight excluding hydrogens is 424 g/mol. The monoisotopic (exact) mass is 444 g/mol. The molecule has 2 aromatic carbocycles. The minimum Gasteiger partial charge on any atom is -0.493 e. The number of aryl methyl sites for hydroxylation is 1. The van der Waals surface area contributed by atoms with Crippen molar-refractivity contribution in [2.75, 3.05) is 19.5 Å². The molecule has 0 atom stereocenters. The number of fused-ring (bicyclic) bond motifs is 2. The first kappa shape index (κ1) is 20.0. The van der Waals surface area contributed by atoms with Crippen LogP contribution in [0.25, 0.3) is 32.4 Å². The number of carbonyl (C=O) groups excluding carboxylic acids is 1. The van der Waals surface area contributed by atoms with Gasteiger partial charge in [-0.1, -0.05) is 18.2 Å². The number of pyridine rings is 1. The number of nitrogens with one attached hydrogen (secondary N) is 1. The predicted octanol–water partition coefficient (Wildman–Crippen LogP) is 5.12. The second-order valence-corrected chi connectivity index (χ2v) is 8.27. The van der Waals surface area contributed by atoms with E-state index in [9.17, 15) is 4.79 Å². The van der Waals surface area contributed by atoms with E-state index in [1.165, 1.54) is 11.3 Å². The van der Waals surface area contributed by atoms with Crippen molar-refractivity contribution in [1.29, 1.82) is 0 Å². The number of carbonyl (C=O) groups is 1. The fourth-order valence-electron chi connectivity index (χ4n) is 3.68. The van der Waals surface area contributed by atoms with Gasteiger partial charge in [0.2, 0.25) is 0 Å². The molecule has 0 fully saturated rings. The smallest absolute Gasteiger partial charge is 0.265 e. The molecule has 0 aliphatic carbocycles. The molecule has 8 heteroatoms. The zero-order valence-electron chi connectivity index (χ0n) is 17.7. The molecule has 3 heterocycles. The number of amides is 1. The normalized spacial score (nSPS) is 11.1. The summed E-state index contributed by atoms with van der Waals surface area (Å²) in [4.78, 5) is 18.9. The third-order valence-electron chi connectivity index (χ3n) is 5.24. The van der Waals surface area contributed by atoms with Crippen molar-refractivity contribution in [3.05, 3.63) is 65.7 Å². The van der Waals surface area contributed by atoms with Crippen molar-refractivity contribution in [1.82, 2.24) is 14.8 Å². The lowest BCUT2D eigenvalue weighted by Gasteiger charge is -2.08. The van der Waals surface area contributed by atoms with E-state index in [1.807, 2.05) is 61.6 Å². The summed E-state index contributed by atoms with van der Waals surface area (Å²) in [5.74, 6) is 1.10. The van der Waals surface area contributed by atoms with E-state index in [4.69, 9.17) is 9.47 Å². The van der Waals surface area contributed by atoms with Crippen LogP contribution in [0.1, 0.15) is 9.67 Å². The number of hydrogen-bond acceptors (Lipinski definition) is 6. The number of methoxy groups -OCH3 is 2. The van der Waals surface area contributed by atoms with Gasteiger partial charge in [0.15, 0.2) is 11.5 Å². The minimum atomic E-state index is -0.179. The molecule has 160 valence electrons. The van der Waals surface area contributed by atoms with E-state index in [0.29, 0.717) is 22.1 Å². The fraction of sp³-hybridized carbons (Fsp3) is 0.125. The number of para-hydroxylation sites is 1. The summed E-state index contributed by atoms with van der Waals surface area (Å²) in [5.41, 5.74) is 3.21. The van der Waals surface area contributed by atoms with Gasteiger partial charge < -0.3 is 14.8 Å². The highest BCUT2D eigenvalue weighted by atomic mass is 32.1. The first-order valence-corrected chi connectivity index (χ1v) is 10.7. The van der Waals surface area contributed by atoms with Crippen LogP contribution < -0.4 is 14.8 Å². The Balaban J connectivity index is 1.49. The topological polar surface area (TPSA) is 78.3 Å². The lowest BCUT2D eigenvalue weighted by Crippen LogP contribution is -2.10. The Hall–Kier alpha value is -3.91. The minimum absolute atomic E-state index is 0.179. The molecule has 32 heavy (non-hydrogen) atoms. The highest BCUT2D eigenvalue weighted by molar-refractivity contribution is 7.20. The first-order valence-electron chi connectivity index (χ1n) is 9.92. The molecule has 0 saturated heterocycles. The van der Waals surface area contributed by atoms with Crippen LogP contribution in [0.4, 0.5) is 5.69 Å². The van der Waals surface area contributed by atoms with Crippen LogP contribution in [-0.2, 0) is 7.05 Å². The van der Waals surface area contributed by atoms with Crippen LogP contribution in [0, 0.1) is 0 Å². The number of aromatic nitrogens is 3. The predicted molar refractivity (Wildman–Crippen MR) is 127 cm³/mol. The molecule has 0 unspecified atom stereocenters. The SMILES string of the molecule is COc1ccc(-c2nn(C)c3sc(C(=O)Nc4cnc5ccccc5c4)cc23)cc1OC. The van der Waals surface area contributed by atoms with E-state index in [2.05, 4.69) is 15.4 Å². The van der Waals surface area contributed by atoms with Crippen molar-refractivity contribution in [2.45, 2.75) is 0 Å². The summed E-state index contributed by atoms with van der Waals surface area (Å²) >= 11 is 1.40. The molecule has 3 aromatic heterocycles. The Kier molecular flexibility index (Phi) is 4.99. The Morgan fingerprint density at radius 2 is 1.84 bits per heavy atom. The molecule has 1 amide bonds. The Morgan fingerprint density at radius 1 is 1.03 bits per heavy atom. The van der Waals surface area contributed by atoms with Gasteiger partial charge in [-0.2, -0.15) is 5.10 Å². The largest absolute Gasteiger partial charge is 0.493 e. The summed E-state index contributed by atoms with van der Waals surface area (Å²) in [5, 5.41) is 9.50. The van der Waals surface area contributed by atoms with Crippen LogP contribution in [-0.4, -0.2) is 34.9 Å². The third-order valence-corrected chi connectivity index (χ3v) is 6.44. The van der Waals surface area contributed by atoms with Gasteiger partial charge in [-0.15, -0.1) is 11.3 Å². The maximum absolute atomic E-state index is 13.0. The highest BCUT2D eigenvalue weighted by Crippen LogP contribution is 2.37. The third kappa shape index (κ3) is 3.44. The molecule has 0 saturated carbocycles. The van der Waals surface area contributed by atoms with Gasteiger partial charge in [-0.25, -0.2) is 0 Å². The number of thiophene rings is 1. The van der Waals surface area contributed by atoms with Crippen molar-refractivity contribution >= 4 is 44.1 Å². The Labute approximate surface area is 188 Å². The molecule has 1 N–H and O–H groups in total. The van der Waals surface area contributed by atoms with Crippen LogP contribution in [0.2, 0.25) is 0 Å². The zero-order valence-corrected chi connectivity index (χ0v) is 18.6. The maximum Gasteiger partial charge on any atom is 0.265 e. The van der Waals surface area contributed by atoms with Gasteiger partial charge in [0.05, 0.1) is 36.5 Å². The second kappa shape index (κ2) is 7.97. The number of benzene rings is 2. The second-order valence-electron chi connectivity index (χ2n) is 7.24. The van der Waals surface area contributed by atoms with Crippen LogP contribution in [0.5, 0.6) is 11.5 Å². The van der Waals surface area contributed by atoms with Crippen molar-refractivity contribution in [2.24, 2.45) is 7.05 Å². The summed E-state index contributed by atoms with van der Waals surface area (Å²) in [6.07, 6.45) is 1.67. The molecular formula is C24H20N4O3S. The van der Waals surface area contributed by atoms with E-state index in [1.54, 1.807) is 25.1 Å².